The van der Waals surface area contributed by atoms with Gasteiger partial charge in [-0.15, -0.1) is 11.3 Å². The summed E-state index contributed by atoms with van der Waals surface area (Å²) in [7, 11) is 1.71. The van der Waals surface area contributed by atoms with Crippen LogP contribution in [0.25, 0.3) is 0 Å². The van der Waals surface area contributed by atoms with Crippen molar-refractivity contribution < 1.29 is 9.53 Å². The van der Waals surface area contributed by atoms with Gasteiger partial charge in [0, 0.05) is 12.6 Å². The van der Waals surface area contributed by atoms with Crippen molar-refractivity contribution in [3.8, 4) is 5.75 Å². The van der Waals surface area contributed by atoms with Crippen LogP contribution in [0.3, 0.4) is 0 Å². The van der Waals surface area contributed by atoms with E-state index in [1.54, 1.807) is 25.4 Å². The topological polar surface area (TPSA) is 29.5 Å². The maximum absolute atomic E-state index is 11.4. The molecule has 0 amide bonds. The number of hydrogen-bond donors (Lipinski definition) is 0. The summed E-state index contributed by atoms with van der Waals surface area (Å²) in [5.74, 6) is 1.07. The van der Waals surface area contributed by atoms with E-state index in [-0.39, 0.29) is 5.78 Å². The fourth-order valence-corrected chi connectivity index (χ4v) is 3.93. The first kappa shape index (κ1) is 15.3. The zero-order valence-corrected chi connectivity index (χ0v) is 13.9. The van der Waals surface area contributed by atoms with Crippen molar-refractivity contribution in [1.82, 2.24) is 4.90 Å². The number of Topliss-reactive ketones (excluding diaryl/α,β-unsaturated/α-hetero) is 1. The molecule has 2 aromatic rings. The lowest BCUT2D eigenvalue weighted by Gasteiger charge is -2.24. The summed E-state index contributed by atoms with van der Waals surface area (Å²) < 4.78 is 5.34. The van der Waals surface area contributed by atoms with Gasteiger partial charge in [-0.1, -0.05) is 12.1 Å². The second kappa shape index (κ2) is 6.63. The molecule has 3 nitrogen and oxygen atoms in total. The van der Waals surface area contributed by atoms with Gasteiger partial charge in [-0.25, -0.2) is 0 Å². The van der Waals surface area contributed by atoms with E-state index < -0.39 is 0 Å². The Balaban J connectivity index is 1.76. The van der Waals surface area contributed by atoms with E-state index in [0.717, 1.165) is 23.7 Å². The molecule has 0 saturated carbocycles. The molecule has 1 aromatic heterocycles. The first-order chi connectivity index (χ1) is 10.7. The molecule has 1 aliphatic rings. The van der Waals surface area contributed by atoms with Gasteiger partial charge in [0.2, 0.25) is 0 Å². The second-order valence-corrected chi connectivity index (χ2v) is 6.69. The van der Waals surface area contributed by atoms with Crippen LogP contribution in [0.5, 0.6) is 5.75 Å². The largest absolute Gasteiger partial charge is 0.497 e. The monoisotopic (exact) mass is 315 g/mol. The number of ether oxygens (including phenoxy) is 1. The van der Waals surface area contributed by atoms with Gasteiger partial charge in [0.1, 0.15) is 5.75 Å². The van der Waals surface area contributed by atoms with Crippen LogP contribution in [0.1, 0.15) is 46.6 Å². The molecule has 1 aliphatic heterocycles. The molecule has 1 saturated heterocycles. The molecule has 1 aromatic carbocycles. The lowest BCUT2D eigenvalue weighted by atomic mass is 10.0. The van der Waals surface area contributed by atoms with E-state index in [2.05, 4.69) is 28.5 Å². The molecule has 0 N–H and O–H groups in total. The molecule has 0 unspecified atom stereocenters. The SMILES string of the molecule is COc1cccc([C@H]2CCCN2Cc2csc(C(C)=O)c2)c1. The molecule has 1 fully saturated rings. The highest BCUT2D eigenvalue weighted by Crippen LogP contribution is 2.35. The molecule has 0 aliphatic carbocycles. The quantitative estimate of drug-likeness (QED) is 0.771. The first-order valence-corrected chi connectivity index (χ1v) is 8.51. The van der Waals surface area contributed by atoms with E-state index in [1.807, 2.05) is 12.1 Å². The number of rotatable bonds is 5. The Morgan fingerprint density at radius 3 is 3.00 bits per heavy atom. The number of carbonyl (C=O) groups excluding carboxylic acids is 1. The van der Waals surface area contributed by atoms with E-state index in [9.17, 15) is 4.79 Å². The predicted octanol–water partition coefficient (Wildman–Crippen LogP) is 4.30. The highest BCUT2D eigenvalue weighted by molar-refractivity contribution is 7.12. The molecule has 0 spiro atoms. The van der Waals surface area contributed by atoms with Gasteiger partial charge >= 0.3 is 0 Å². The third-order valence-corrected chi connectivity index (χ3v) is 5.31. The van der Waals surface area contributed by atoms with Crippen LogP contribution in [0, 0.1) is 0 Å². The molecule has 116 valence electrons. The van der Waals surface area contributed by atoms with Gasteiger partial charge in [-0.05, 0) is 61.0 Å². The summed E-state index contributed by atoms with van der Waals surface area (Å²) >= 11 is 1.55. The fourth-order valence-electron chi connectivity index (χ4n) is 3.12. The van der Waals surface area contributed by atoms with Crippen molar-refractivity contribution in [3.63, 3.8) is 0 Å². The Bertz CT molecular complexity index is 665. The molecule has 2 heterocycles. The zero-order valence-electron chi connectivity index (χ0n) is 13.0. The van der Waals surface area contributed by atoms with Crippen LogP contribution in [0.4, 0.5) is 0 Å². The zero-order chi connectivity index (χ0) is 15.5. The number of methoxy groups -OCH3 is 1. The van der Waals surface area contributed by atoms with E-state index in [1.165, 1.54) is 24.0 Å². The lowest BCUT2D eigenvalue weighted by Crippen LogP contribution is -2.22. The highest BCUT2D eigenvalue weighted by atomic mass is 32.1. The number of benzene rings is 1. The summed E-state index contributed by atoms with van der Waals surface area (Å²) in [5.41, 5.74) is 2.56. The molecule has 3 rings (SSSR count). The van der Waals surface area contributed by atoms with Crippen molar-refractivity contribution in [1.29, 1.82) is 0 Å². The first-order valence-electron chi connectivity index (χ1n) is 7.63. The standard InChI is InChI=1S/C18H21NO2S/c1-13(20)18-9-14(12-22-18)11-19-8-4-7-17(19)15-5-3-6-16(10-15)21-2/h3,5-6,9-10,12,17H,4,7-8,11H2,1-2H3/t17-/m1/s1. The lowest BCUT2D eigenvalue weighted by molar-refractivity contribution is 0.102. The second-order valence-electron chi connectivity index (χ2n) is 5.78. The van der Waals surface area contributed by atoms with Crippen molar-refractivity contribution in [2.45, 2.75) is 32.4 Å². The van der Waals surface area contributed by atoms with Crippen LogP contribution in [-0.4, -0.2) is 24.3 Å². The Morgan fingerprint density at radius 1 is 1.41 bits per heavy atom. The van der Waals surface area contributed by atoms with Gasteiger partial charge in [-0.3, -0.25) is 9.69 Å². The maximum Gasteiger partial charge on any atom is 0.169 e. The molecular formula is C18H21NO2S. The average Bonchev–Trinajstić information content (AvgIpc) is 3.17. The molecule has 0 bridgehead atoms. The summed E-state index contributed by atoms with van der Waals surface area (Å²) in [4.78, 5) is 14.8. The normalized spacial score (nSPS) is 18.5. The molecule has 0 radical (unpaired) electrons. The van der Waals surface area contributed by atoms with Crippen LogP contribution in [-0.2, 0) is 6.54 Å². The third-order valence-electron chi connectivity index (χ3n) is 4.23. The van der Waals surface area contributed by atoms with Crippen LogP contribution in [0.15, 0.2) is 35.7 Å². The summed E-state index contributed by atoms with van der Waals surface area (Å²) in [5, 5.41) is 2.11. The van der Waals surface area contributed by atoms with Crippen LogP contribution in [0.2, 0.25) is 0 Å². The Kier molecular flexibility index (Phi) is 4.60. The highest BCUT2D eigenvalue weighted by Gasteiger charge is 2.26. The molecule has 4 heteroatoms. The van der Waals surface area contributed by atoms with Crippen LogP contribution >= 0.6 is 11.3 Å². The summed E-state index contributed by atoms with van der Waals surface area (Å²) in [6, 6.07) is 10.8. The predicted molar refractivity (Wildman–Crippen MR) is 89.7 cm³/mol. The Morgan fingerprint density at radius 2 is 2.27 bits per heavy atom. The average molecular weight is 315 g/mol. The molecular weight excluding hydrogens is 294 g/mol. The van der Waals surface area contributed by atoms with Crippen molar-refractivity contribution in [2.24, 2.45) is 0 Å². The van der Waals surface area contributed by atoms with E-state index in [4.69, 9.17) is 4.74 Å². The number of carbonyl (C=O) groups is 1. The third kappa shape index (κ3) is 3.23. The van der Waals surface area contributed by atoms with E-state index >= 15 is 0 Å². The summed E-state index contributed by atoms with van der Waals surface area (Å²) in [6.45, 7) is 3.64. The van der Waals surface area contributed by atoms with Crippen molar-refractivity contribution >= 4 is 17.1 Å². The van der Waals surface area contributed by atoms with Gasteiger partial charge in [0.15, 0.2) is 5.78 Å². The minimum atomic E-state index is 0.155. The number of likely N-dealkylation sites (tertiary alicyclic amines) is 1. The fraction of sp³-hybridized carbons (Fsp3) is 0.389. The number of nitrogens with zero attached hydrogens (tertiary/aromatic N) is 1. The van der Waals surface area contributed by atoms with Crippen molar-refractivity contribution in [2.75, 3.05) is 13.7 Å². The minimum Gasteiger partial charge on any atom is -0.497 e. The van der Waals surface area contributed by atoms with Gasteiger partial charge in [0.05, 0.1) is 12.0 Å². The van der Waals surface area contributed by atoms with Gasteiger partial charge < -0.3 is 4.74 Å². The Labute approximate surface area is 135 Å². The van der Waals surface area contributed by atoms with Gasteiger partial charge in [0.25, 0.3) is 0 Å². The number of thiophene rings is 1. The summed E-state index contributed by atoms with van der Waals surface area (Å²) in [6.07, 6.45) is 2.39. The molecule has 22 heavy (non-hydrogen) atoms. The number of ketones is 1. The number of hydrogen-bond acceptors (Lipinski definition) is 4. The van der Waals surface area contributed by atoms with E-state index in [0.29, 0.717) is 6.04 Å². The van der Waals surface area contributed by atoms with Crippen molar-refractivity contribution in [3.05, 3.63) is 51.7 Å². The molecule has 1 atom stereocenters. The Hall–Kier alpha value is -1.65. The maximum atomic E-state index is 11.4. The smallest absolute Gasteiger partial charge is 0.169 e. The minimum absolute atomic E-state index is 0.155. The van der Waals surface area contributed by atoms with Gasteiger partial charge in [-0.2, -0.15) is 0 Å². The van der Waals surface area contributed by atoms with Crippen LogP contribution < -0.4 is 4.74 Å².